The van der Waals surface area contributed by atoms with Crippen LogP contribution in [0.3, 0.4) is 0 Å². The number of nitrogens with zero attached hydrogens (tertiary/aromatic N) is 3. The molecule has 6 heteroatoms. The zero-order chi connectivity index (χ0) is 14.9. The van der Waals surface area contributed by atoms with Crippen molar-refractivity contribution in [3.8, 4) is 0 Å². The summed E-state index contributed by atoms with van der Waals surface area (Å²) in [5, 5.41) is 5.08. The van der Waals surface area contributed by atoms with E-state index in [2.05, 4.69) is 21.0 Å². The Morgan fingerprint density at radius 2 is 2.30 bits per heavy atom. The Bertz CT molecular complexity index is 499. The first-order valence-electron chi connectivity index (χ1n) is 6.92. The molecule has 112 valence electrons. The highest BCUT2D eigenvalue weighted by Crippen LogP contribution is 2.24. The van der Waals surface area contributed by atoms with Crippen molar-refractivity contribution in [3.63, 3.8) is 0 Å². The molecule has 0 aromatic carbocycles. The van der Waals surface area contributed by atoms with Crippen molar-refractivity contribution in [1.29, 1.82) is 0 Å². The molecule has 1 unspecified atom stereocenters. The summed E-state index contributed by atoms with van der Waals surface area (Å²) >= 11 is 3.45. The molecule has 0 N–H and O–H groups in total. The molecule has 1 aliphatic heterocycles. The van der Waals surface area contributed by atoms with Gasteiger partial charge in [-0.15, -0.1) is 0 Å². The van der Waals surface area contributed by atoms with Gasteiger partial charge in [-0.2, -0.15) is 5.10 Å². The minimum Gasteiger partial charge on any atom is -0.368 e. The third kappa shape index (κ3) is 3.23. The number of alkyl halides is 1. The standard InChI is InChI=1S/C14H22BrN3O2/c1-5-12-11(8-17(4)16-12)13(19)18-7-10(6-15)20-14(2,3)9-18/h8,10H,5-7,9H2,1-4H3. The number of carbonyl (C=O) groups excluding carboxylic acids is 1. The number of hydrogen-bond acceptors (Lipinski definition) is 3. The Labute approximate surface area is 128 Å². The number of halogens is 1. The molecule has 1 aromatic rings. The first-order chi connectivity index (χ1) is 9.36. The molecule has 5 nitrogen and oxygen atoms in total. The van der Waals surface area contributed by atoms with Crippen LogP contribution in [0, 0.1) is 0 Å². The smallest absolute Gasteiger partial charge is 0.257 e. The van der Waals surface area contributed by atoms with E-state index in [1.54, 1.807) is 4.68 Å². The lowest BCUT2D eigenvalue weighted by atomic mass is 10.0. The lowest BCUT2D eigenvalue weighted by Gasteiger charge is -2.42. The Morgan fingerprint density at radius 3 is 2.90 bits per heavy atom. The van der Waals surface area contributed by atoms with Crippen LogP contribution in [-0.2, 0) is 18.2 Å². The molecule has 0 aliphatic carbocycles. The minimum atomic E-state index is -0.319. The molecule has 1 saturated heterocycles. The highest BCUT2D eigenvalue weighted by molar-refractivity contribution is 9.09. The molecule has 20 heavy (non-hydrogen) atoms. The molecule has 1 atom stereocenters. The van der Waals surface area contributed by atoms with Gasteiger partial charge >= 0.3 is 0 Å². The van der Waals surface area contributed by atoms with Crippen molar-refractivity contribution in [2.75, 3.05) is 18.4 Å². The third-order valence-corrected chi connectivity index (χ3v) is 4.13. The largest absolute Gasteiger partial charge is 0.368 e. The van der Waals surface area contributed by atoms with Crippen LogP contribution in [0.25, 0.3) is 0 Å². The van der Waals surface area contributed by atoms with Crippen LogP contribution < -0.4 is 0 Å². The predicted octanol–water partition coefficient (Wildman–Crippen LogP) is 2.00. The number of ether oxygens (including phenoxy) is 1. The fraction of sp³-hybridized carbons (Fsp3) is 0.714. The van der Waals surface area contributed by atoms with Gasteiger partial charge in [-0.3, -0.25) is 9.48 Å². The van der Waals surface area contributed by atoms with Gasteiger partial charge in [0.1, 0.15) is 0 Å². The van der Waals surface area contributed by atoms with Crippen LogP contribution >= 0.6 is 15.9 Å². The van der Waals surface area contributed by atoms with Gasteiger partial charge < -0.3 is 9.64 Å². The monoisotopic (exact) mass is 343 g/mol. The maximum absolute atomic E-state index is 12.7. The molecule has 0 spiro atoms. The van der Waals surface area contributed by atoms with E-state index >= 15 is 0 Å². The predicted molar refractivity (Wildman–Crippen MR) is 81.2 cm³/mol. The fourth-order valence-electron chi connectivity index (χ4n) is 2.68. The number of aryl methyl sites for hydroxylation is 2. The number of amides is 1. The fourth-order valence-corrected chi connectivity index (χ4v) is 3.01. The SMILES string of the molecule is CCc1nn(C)cc1C(=O)N1CC(CBr)OC(C)(C)C1. The van der Waals surface area contributed by atoms with Gasteiger partial charge in [-0.05, 0) is 20.3 Å². The Morgan fingerprint density at radius 1 is 1.60 bits per heavy atom. The van der Waals surface area contributed by atoms with Gasteiger partial charge in [0.15, 0.2) is 0 Å². The lowest BCUT2D eigenvalue weighted by molar-refractivity contribution is -0.116. The maximum Gasteiger partial charge on any atom is 0.257 e. The number of rotatable bonds is 3. The van der Waals surface area contributed by atoms with E-state index in [1.807, 2.05) is 38.9 Å². The zero-order valence-corrected chi connectivity index (χ0v) is 14.1. The van der Waals surface area contributed by atoms with E-state index in [4.69, 9.17) is 4.74 Å². The average molecular weight is 344 g/mol. The number of aromatic nitrogens is 2. The second kappa shape index (κ2) is 5.85. The first-order valence-corrected chi connectivity index (χ1v) is 8.04. The van der Waals surface area contributed by atoms with Gasteiger partial charge in [0.05, 0.1) is 23.0 Å². The Hall–Kier alpha value is -0.880. The molecule has 0 radical (unpaired) electrons. The molecule has 2 heterocycles. The van der Waals surface area contributed by atoms with Gasteiger partial charge in [0.25, 0.3) is 5.91 Å². The van der Waals surface area contributed by atoms with Crippen LogP contribution in [0.15, 0.2) is 6.20 Å². The zero-order valence-electron chi connectivity index (χ0n) is 12.5. The van der Waals surface area contributed by atoms with E-state index in [-0.39, 0.29) is 17.6 Å². The average Bonchev–Trinajstić information content (AvgIpc) is 2.77. The first kappa shape index (κ1) is 15.5. The molecular weight excluding hydrogens is 322 g/mol. The summed E-state index contributed by atoms with van der Waals surface area (Å²) in [6, 6.07) is 0. The summed E-state index contributed by atoms with van der Waals surface area (Å²) in [5.41, 5.74) is 1.25. The number of morpholine rings is 1. The molecule has 1 aromatic heterocycles. The van der Waals surface area contributed by atoms with Crippen LogP contribution in [0.4, 0.5) is 0 Å². The van der Waals surface area contributed by atoms with E-state index < -0.39 is 0 Å². The Balaban J connectivity index is 2.23. The quantitative estimate of drug-likeness (QED) is 0.788. The third-order valence-electron chi connectivity index (χ3n) is 3.41. The van der Waals surface area contributed by atoms with Crippen LogP contribution in [0.1, 0.15) is 36.8 Å². The van der Waals surface area contributed by atoms with Gasteiger partial charge in [0, 0.05) is 31.7 Å². The van der Waals surface area contributed by atoms with Crippen molar-refractivity contribution in [3.05, 3.63) is 17.5 Å². The second-order valence-electron chi connectivity index (χ2n) is 5.86. The van der Waals surface area contributed by atoms with E-state index in [1.165, 1.54) is 0 Å². The van der Waals surface area contributed by atoms with Crippen LogP contribution in [-0.4, -0.2) is 50.7 Å². The van der Waals surface area contributed by atoms with Crippen molar-refractivity contribution < 1.29 is 9.53 Å². The topological polar surface area (TPSA) is 47.4 Å². The van der Waals surface area contributed by atoms with Gasteiger partial charge in [-0.25, -0.2) is 0 Å². The highest BCUT2D eigenvalue weighted by atomic mass is 79.9. The second-order valence-corrected chi connectivity index (χ2v) is 6.50. The highest BCUT2D eigenvalue weighted by Gasteiger charge is 2.36. The summed E-state index contributed by atoms with van der Waals surface area (Å²) in [6.07, 6.45) is 2.61. The van der Waals surface area contributed by atoms with Gasteiger partial charge in [0.2, 0.25) is 0 Å². The summed E-state index contributed by atoms with van der Waals surface area (Å²) in [7, 11) is 1.85. The molecule has 0 saturated carbocycles. The van der Waals surface area contributed by atoms with Crippen molar-refractivity contribution in [1.82, 2.24) is 14.7 Å². The summed E-state index contributed by atoms with van der Waals surface area (Å²) in [6.45, 7) is 7.28. The van der Waals surface area contributed by atoms with Gasteiger partial charge in [-0.1, -0.05) is 22.9 Å². The molecule has 1 amide bonds. The Kier molecular flexibility index (Phi) is 4.54. The summed E-state index contributed by atoms with van der Waals surface area (Å²) in [5.74, 6) is 0.0530. The van der Waals surface area contributed by atoms with E-state index in [9.17, 15) is 4.79 Å². The van der Waals surface area contributed by atoms with Crippen molar-refractivity contribution in [2.45, 2.75) is 38.9 Å². The summed E-state index contributed by atoms with van der Waals surface area (Å²) in [4.78, 5) is 14.6. The molecule has 1 aliphatic rings. The maximum atomic E-state index is 12.7. The number of carbonyl (C=O) groups is 1. The van der Waals surface area contributed by atoms with Crippen LogP contribution in [0.2, 0.25) is 0 Å². The molecular formula is C14H22BrN3O2. The van der Waals surface area contributed by atoms with Crippen molar-refractivity contribution >= 4 is 21.8 Å². The van der Waals surface area contributed by atoms with Crippen molar-refractivity contribution in [2.24, 2.45) is 7.05 Å². The van der Waals surface area contributed by atoms with Crippen LogP contribution in [0.5, 0.6) is 0 Å². The normalized spacial score (nSPS) is 22.1. The molecule has 2 rings (SSSR count). The number of hydrogen-bond donors (Lipinski definition) is 0. The lowest BCUT2D eigenvalue weighted by Crippen LogP contribution is -2.55. The minimum absolute atomic E-state index is 0.0319. The summed E-state index contributed by atoms with van der Waals surface area (Å²) < 4.78 is 7.65. The van der Waals surface area contributed by atoms with E-state index in [0.29, 0.717) is 18.7 Å². The van der Waals surface area contributed by atoms with E-state index in [0.717, 1.165) is 17.4 Å². The molecule has 0 bridgehead atoms. The molecule has 1 fully saturated rings.